The second-order valence-electron chi connectivity index (χ2n) is 19.9. The molecule has 0 bridgehead atoms. The third-order valence-corrected chi connectivity index (χ3v) is 19.5. The van der Waals surface area contributed by atoms with E-state index in [1.807, 2.05) is 20.8 Å². The molecule has 0 aromatic heterocycles. The standard InChI is InChI=1S/C44H82N4O8S2.4ClH/c1-7-13-37-23-45(27-43(49)55-11-5)25-39(37)16-22-58(53,54)34-42-32-48(19-17-47(18-20-48)29-35(9-3)36(10-4)30-47)31-40(42)15-14-38-24-46(28-44(50)56-12-6)26-41(38)33-57(51,52)21-8-2;;;;/h35-42H,7-34H2,1-6H3;4*1H/q+2;;;;/p-2. The first-order valence-electron chi connectivity index (χ1n) is 23.7. The number of ether oxygens (including phenoxy) is 2. The third-order valence-electron chi connectivity index (χ3n) is 15.7. The Balaban J connectivity index is 0.00000480. The zero-order chi connectivity index (χ0) is 42.1. The van der Waals surface area contributed by atoms with Crippen molar-refractivity contribution >= 4 is 31.6 Å². The second kappa shape index (κ2) is 27.0. The molecule has 5 aliphatic rings. The van der Waals surface area contributed by atoms with Crippen LogP contribution in [0.15, 0.2) is 0 Å². The van der Waals surface area contributed by atoms with Crippen LogP contribution < -0.4 is 59.4 Å². The molecule has 0 amide bonds. The molecule has 5 fully saturated rings. The number of halogens is 4. The first-order valence-corrected chi connectivity index (χ1v) is 27.3. The minimum Gasteiger partial charge on any atom is -1.00 e. The van der Waals surface area contributed by atoms with Crippen LogP contribution in [0, 0.1) is 47.3 Å². The van der Waals surface area contributed by atoms with Gasteiger partial charge in [0.05, 0.1) is 82.8 Å². The zero-order valence-electron chi connectivity index (χ0n) is 38.9. The fourth-order valence-corrected chi connectivity index (χ4v) is 16.6. The first kappa shape index (κ1) is 59.9. The lowest BCUT2D eigenvalue weighted by Gasteiger charge is -2.47. The number of piperazine rings is 1. The maximum absolute atomic E-state index is 14.2. The summed E-state index contributed by atoms with van der Waals surface area (Å²) in [4.78, 5) is 27.1. The fraction of sp³-hybridized carbons (Fsp3) is 0.955. The third kappa shape index (κ3) is 16.6. The lowest BCUT2D eigenvalue weighted by atomic mass is 9.86. The number of hydrogen-bond acceptors (Lipinski definition) is 8. The molecule has 0 aromatic carbocycles. The number of sulfone groups is 2. The Hall–Kier alpha value is -0.160. The van der Waals surface area contributed by atoms with E-state index >= 15 is 0 Å². The quantitative estimate of drug-likeness (QED) is 0.0810. The van der Waals surface area contributed by atoms with Crippen molar-refractivity contribution in [3.63, 3.8) is 0 Å². The van der Waals surface area contributed by atoms with Crippen LogP contribution in [0.3, 0.4) is 0 Å². The van der Waals surface area contributed by atoms with Crippen molar-refractivity contribution in [2.75, 3.05) is 128 Å². The molecule has 5 aliphatic heterocycles. The SMILES string of the molecule is CCCC1C[NH+](CC(=O)OCC)CC1CCS(=O)(=O)CC1C[N+]2(CC[N+]3(CC2)CC(CC)C(CC)C3)CC1CCC1C[NH+](CC(=O)OCC)CC1CS(=O)(=O)CCC.[Cl-].[Cl-].[Cl-].[Cl-]. The molecule has 62 heavy (non-hydrogen) atoms. The van der Waals surface area contributed by atoms with Gasteiger partial charge in [0.1, 0.15) is 26.2 Å². The Labute approximate surface area is 401 Å². The monoisotopic (exact) mass is 1000 g/mol. The molecule has 0 aliphatic carbocycles. The van der Waals surface area contributed by atoms with Crippen molar-refractivity contribution in [1.82, 2.24) is 0 Å². The van der Waals surface area contributed by atoms with Gasteiger partial charge in [0, 0.05) is 53.1 Å². The van der Waals surface area contributed by atoms with Crippen LogP contribution in [0.5, 0.6) is 0 Å². The van der Waals surface area contributed by atoms with Crippen LogP contribution in [-0.4, -0.2) is 166 Å². The first-order chi connectivity index (χ1) is 27.6. The van der Waals surface area contributed by atoms with Gasteiger partial charge in [0.2, 0.25) is 0 Å². The van der Waals surface area contributed by atoms with Gasteiger partial charge in [-0.15, -0.1) is 0 Å². The fourth-order valence-electron chi connectivity index (χ4n) is 12.9. The number of nitrogens with one attached hydrogen (secondary N) is 2. The molecule has 5 heterocycles. The predicted molar refractivity (Wildman–Crippen MR) is 229 cm³/mol. The van der Waals surface area contributed by atoms with Crippen LogP contribution in [-0.2, 0) is 38.7 Å². The van der Waals surface area contributed by atoms with E-state index in [0.29, 0.717) is 51.0 Å². The van der Waals surface area contributed by atoms with E-state index in [1.165, 1.54) is 48.4 Å². The molecule has 5 rings (SSSR count). The summed E-state index contributed by atoms with van der Waals surface area (Å²) in [6.07, 6.45) is 7.66. The Morgan fingerprint density at radius 3 is 1.32 bits per heavy atom. The lowest BCUT2D eigenvalue weighted by molar-refractivity contribution is -1.02. The number of carbonyl (C=O) groups excluding carboxylic acids is 2. The Kier molecular flexibility index (Phi) is 26.1. The number of quaternary nitrogens is 4. The molecule has 2 spiro atoms. The van der Waals surface area contributed by atoms with Crippen LogP contribution in [0.25, 0.3) is 0 Å². The smallest absolute Gasteiger partial charge is 0.361 e. The summed E-state index contributed by atoms with van der Waals surface area (Å²) in [5, 5.41) is 0. The van der Waals surface area contributed by atoms with Crippen molar-refractivity contribution in [1.29, 1.82) is 0 Å². The van der Waals surface area contributed by atoms with Gasteiger partial charge in [-0.05, 0) is 58.8 Å². The molecule has 12 nitrogen and oxygen atoms in total. The summed E-state index contributed by atoms with van der Waals surface area (Å²) in [7, 11) is -6.53. The van der Waals surface area contributed by atoms with Gasteiger partial charge in [0.25, 0.3) is 0 Å². The Morgan fingerprint density at radius 2 is 0.871 bits per heavy atom. The van der Waals surface area contributed by atoms with Gasteiger partial charge in [-0.2, -0.15) is 0 Å². The summed E-state index contributed by atoms with van der Waals surface area (Å²) in [5.74, 6) is 3.27. The molecule has 18 heteroatoms. The number of nitrogens with zero attached hydrogens (tertiary/aromatic N) is 2. The van der Waals surface area contributed by atoms with Gasteiger partial charge >= 0.3 is 11.9 Å². The topological polar surface area (TPSA) is 130 Å². The number of hydrogen-bond donors (Lipinski definition) is 2. The molecule has 10 unspecified atom stereocenters. The van der Waals surface area contributed by atoms with E-state index in [1.54, 1.807) is 0 Å². The summed E-state index contributed by atoms with van der Waals surface area (Å²) < 4.78 is 67.5. The molecule has 10 atom stereocenters. The van der Waals surface area contributed by atoms with Crippen molar-refractivity contribution in [2.45, 2.75) is 92.9 Å². The summed E-state index contributed by atoms with van der Waals surface area (Å²) in [6.45, 7) is 26.1. The molecule has 0 saturated carbocycles. The van der Waals surface area contributed by atoms with Gasteiger partial charge in [-0.3, -0.25) is 0 Å². The Bertz CT molecular complexity index is 1560. The van der Waals surface area contributed by atoms with Crippen molar-refractivity contribution in [3.05, 3.63) is 0 Å². The van der Waals surface area contributed by atoms with Gasteiger partial charge in [0.15, 0.2) is 32.8 Å². The average Bonchev–Trinajstić information content (AvgIpc) is 3.91. The molecule has 0 aromatic rings. The van der Waals surface area contributed by atoms with Gasteiger partial charge in [-0.1, -0.05) is 34.1 Å². The molecule has 368 valence electrons. The Morgan fingerprint density at radius 1 is 0.484 bits per heavy atom. The molecule has 2 N–H and O–H groups in total. The second-order valence-corrected chi connectivity index (χ2v) is 24.3. The number of esters is 2. The van der Waals surface area contributed by atoms with Gasteiger partial charge in [-0.25, -0.2) is 26.4 Å². The number of likely N-dealkylation sites (tertiary alicyclic amines) is 2. The summed E-state index contributed by atoms with van der Waals surface area (Å²) in [6, 6.07) is 0. The minimum atomic E-state index is -3.33. The highest BCUT2D eigenvalue weighted by molar-refractivity contribution is 7.91. The highest BCUT2D eigenvalue weighted by atomic mass is 35.5. The number of carbonyl (C=O) groups is 2. The van der Waals surface area contributed by atoms with Crippen molar-refractivity contribution < 1.29 is 104 Å². The van der Waals surface area contributed by atoms with Crippen LogP contribution in [0.1, 0.15) is 92.9 Å². The van der Waals surface area contributed by atoms with Crippen molar-refractivity contribution in [2.24, 2.45) is 47.3 Å². The summed E-state index contributed by atoms with van der Waals surface area (Å²) in [5.41, 5.74) is 0. The van der Waals surface area contributed by atoms with E-state index < -0.39 is 19.7 Å². The lowest BCUT2D eigenvalue weighted by Crippen LogP contribution is -3.11. The molecule has 5 saturated heterocycles. The van der Waals surface area contributed by atoms with Crippen LogP contribution >= 0.6 is 0 Å². The number of rotatable bonds is 22. The average molecular weight is 1000 g/mol. The van der Waals surface area contributed by atoms with E-state index in [9.17, 15) is 26.4 Å². The van der Waals surface area contributed by atoms with Gasteiger partial charge < -0.3 is 77.9 Å². The highest BCUT2D eigenvalue weighted by Crippen LogP contribution is 2.41. The van der Waals surface area contributed by atoms with Crippen LogP contribution in [0.4, 0.5) is 0 Å². The largest absolute Gasteiger partial charge is 1.00 e. The van der Waals surface area contributed by atoms with E-state index in [4.69, 9.17) is 9.47 Å². The normalized spacial score (nSPS) is 34.2. The zero-order valence-corrected chi connectivity index (χ0v) is 43.6. The molecule has 0 radical (unpaired) electrons. The summed E-state index contributed by atoms with van der Waals surface area (Å²) >= 11 is 0. The van der Waals surface area contributed by atoms with E-state index in [0.717, 1.165) is 92.7 Å². The van der Waals surface area contributed by atoms with E-state index in [2.05, 4.69) is 20.8 Å². The molecular formula is C44H84Cl4N4O8S2. The highest BCUT2D eigenvalue weighted by Gasteiger charge is 2.54. The minimum absolute atomic E-state index is 0. The maximum atomic E-state index is 14.2. The predicted octanol–water partition coefficient (Wildman–Crippen LogP) is -10.4. The molecular weight excluding hydrogens is 918 g/mol. The van der Waals surface area contributed by atoms with E-state index in [-0.39, 0.29) is 115 Å². The van der Waals surface area contributed by atoms with Crippen molar-refractivity contribution in [3.8, 4) is 0 Å². The maximum Gasteiger partial charge on any atom is 0.361 e. The van der Waals surface area contributed by atoms with Crippen LogP contribution in [0.2, 0.25) is 0 Å².